The average Bonchev–Trinajstić information content (AvgIpc) is 2.40. The van der Waals surface area contributed by atoms with Crippen molar-refractivity contribution in [2.75, 3.05) is 20.1 Å². The molecule has 2 atom stereocenters. The van der Waals surface area contributed by atoms with E-state index in [4.69, 9.17) is 5.11 Å². The Morgan fingerprint density at radius 2 is 2.06 bits per heavy atom. The van der Waals surface area contributed by atoms with Crippen molar-refractivity contribution in [2.45, 2.75) is 51.7 Å². The van der Waals surface area contributed by atoms with Crippen molar-refractivity contribution < 1.29 is 9.90 Å². The van der Waals surface area contributed by atoms with Crippen molar-refractivity contribution in [3.05, 3.63) is 0 Å². The number of carboxylic acids is 1. The molecule has 4 nitrogen and oxygen atoms in total. The Balaban J connectivity index is 2.74. The fourth-order valence-electron chi connectivity index (χ4n) is 2.45. The number of carbonyl (C=O) groups is 1. The molecule has 16 heavy (non-hydrogen) atoms. The molecule has 1 aliphatic rings. The van der Waals surface area contributed by atoms with Crippen LogP contribution in [-0.4, -0.2) is 58.6 Å². The Kier molecular flexibility index (Phi) is 3.97. The standard InChI is InChI=1S/C12H24N2O2/c1-9-6-10(7-13(9)5)14(8-11(15)16)12(2,3)4/h9-10H,6-8H2,1-5H3,(H,15,16). The van der Waals surface area contributed by atoms with Crippen LogP contribution in [-0.2, 0) is 4.79 Å². The SMILES string of the molecule is CC1CC(N(CC(=O)O)C(C)(C)C)CN1C. The fourth-order valence-corrected chi connectivity index (χ4v) is 2.45. The zero-order valence-corrected chi connectivity index (χ0v) is 11.0. The highest BCUT2D eigenvalue weighted by atomic mass is 16.4. The minimum absolute atomic E-state index is 0.0893. The topological polar surface area (TPSA) is 43.8 Å². The molecule has 0 radical (unpaired) electrons. The van der Waals surface area contributed by atoms with E-state index < -0.39 is 5.97 Å². The van der Waals surface area contributed by atoms with Gasteiger partial charge in [-0.25, -0.2) is 0 Å². The van der Waals surface area contributed by atoms with E-state index in [1.54, 1.807) is 0 Å². The Morgan fingerprint density at radius 3 is 2.38 bits per heavy atom. The van der Waals surface area contributed by atoms with Crippen LogP contribution in [0.3, 0.4) is 0 Å². The van der Waals surface area contributed by atoms with Gasteiger partial charge in [0.05, 0.1) is 6.54 Å². The van der Waals surface area contributed by atoms with Gasteiger partial charge in [0.25, 0.3) is 0 Å². The smallest absolute Gasteiger partial charge is 0.317 e. The number of hydrogen-bond acceptors (Lipinski definition) is 3. The van der Waals surface area contributed by atoms with Gasteiger partial charge in [-0.3, -0.25) is 9.69 Å². The van der Waals surface area contributed by atoms with Crippen LogP contribution in [0.25, 0.3) is 0 Å². The van der Waals surface area contributed by atoms with E-state index >= 15 is 0 Å². The third-order valence-electron chi connectivity index (χ3n) is 3.47. The fraction of sp³-hybridized carbons (Fsp3) is 0.917. The number of likely N-dealkylation sites (tertiary alicyclic amines) is 1. The zero-order valence-electron chi connectivity index (χ0n) is 11.0. The summed E-state index contributed by atoms with van der Waals surface area (Å²) in [7, 11) is 2.10. The first-order valence-electron chi connectivity index (χ1n) is 5.90. The summed E-state index contributed by atoms with van der Waals surface area (Å²) in [5.74, 6) is -0.739. The van der Waals surface area contributed by atoms with Crippen LogP contribution in [0.2, 0.25) is 0 Å². The lowest BCUT2D eigenvalue weighted by atomic mass is 10.0. The molecule has 94 valence electrons. The van der Waals surface area contributed by atoms with E-state index in [1.807, 2.05) is 0 Å². The molecular weight excluding hydrogens is 204 g/mol. The highest BCUT2D eigenvalue weighted by molar-refractivity contribution is 5.69. The Labute approximate surface area is 98.2 Å². The molecule has 0 aliphatic carbocycles. The normalized spacial score (nSPS) is 27.6. The van der Waals surface area contributed by atoms with Crippen molar-refractivity contribution >= 4 is 5.97 Å². The molecule has 0 aromatic heterocycles. The first-order valence-corrected chi connectivity index (χ1v) is 5.90. The first-order chi connectivity index (χ1) is 7.21. The highest BCUT2D eigenvalue weighted by Gasteiger charge is 2.36. The molecule has 0 aromatic rings. The summed E-state index contributed by atoms with van der Waals surface area (Å²) in [6.07, 6.45) is 1.06. The largest absolute Gasteiger partial charge is 0.480 e. The van der Waals surface area contributed by atoms with E-state index in [-0.39, 0.29) is 12.1 Å². The second-order valence-electron chi connectivity index (χ2n) is 5.87. The van der Waals surface area contributed by atoms with Gasteiger partial charge in [-0.05, 0) is 41.2 Å². The van der Waals surface area contributed by atoms with E-state index in [2.05, 4.69) is 44.5 Å². The van der Waals surface area contributed by atoms with E-state index in [1.165, 1.54) is 0 Å². The average molecular weight is 228 g/mol. The summed E-state index contributed by atoms with van der Waals surface area (Å²) in [5, 5.41) is 8.98. The van der Waals surface area contributed by atoms with Crippen LogP contribution in [0.5, 0.6) is 0 Å². The maximum absolute atomic E-state index is 10.9. The summed E-state index contributed by atoms with van der Waals surface area (Å²) >= 11 is 0. The quantitative estimate of drug-likeness (QED) is 0.790. The Morgan fingerprint density at radius 1 is 1.50 bits per heavy atom. The number of hydrogen-bond donors (Lipinski definition) is 1. The van der Waals surface area contributed by atoms with Crippen molar-refractivity contribution in [3.8, 4) is 0 Å². The molecule has 1 heterocycles. The van der Waals surface area contributed by atoms with Crippen molar-refractivity contribution in [2.24, 2.45) is 0 Å². The Bertz CT molecular complexity index is 250. The highest BCUT2D eigenvalue weighted by Crippen LogP contribution is 2.26. The second kappa shape index (κ2) is 4.72. The number of nitrogens with zero attached hydrogens (tertiary/aromatic N) is 2. The molecule has 4 heteroatoms. The predicted molar refractivity (Wildman–Crippen MR) is 64.6 cm³/mol. The summed E-state index contributed by atoms with van der Waals surface area (Å²) < 4.78 is 0. The zero-order chi connectivity index (χ0) is 12.5. The van der Waals surface area contributed by atoms with Crippen molar-refractivity contribution in [3.63, 3.8) is 0 Å². The Hall–Kier alpha value is -0.610. The molecule has 0 aromatic carbocycles. The summed E-state index contributed by atoms with van der Waals surface area (Å²) in [6, 6.07) is 0.903. The van der Waals surface area contributed by atoms with Gasteiger partial charge in [-0.2, -0.15) is 0 Å². The number of rotatable bonds is 3. The van der Waals surface area contributed by atoms with Gasteiger partial charge < -0.3 is 10.0 Å². The van der Waals surface area contributed by atoms with Crippen molar-refractivity contribution in [1.82, 2.24) is 9.80 Å². The molecule has 1 N–H and O–H groups in total. The molecule has 0 amide bonds. The lowest BCUT2D eigenvalue weighted by molar-refractivity contribution is -0.140. The molecule has 1 aliphatic heterocycles. The minimum Gasteiger partial charge on any atom is -0.480 e. The van der Waals surface area contributed by atoms with Crippen LogP contribution in [0.4, 0.5) is 0 Å². The monoisotopic (exact) mass is 228 g/mol. The van der Waals surface area contributed by atoms with Gasteiger partial charge in [0.2, 0.25) is 0 Å². The number of carboxylic acid groups (broad SMARTS) is 1. The molecule has 1 rings (SSSR count). The predicted octanol–water partition coefficient (Wildman–Crippen LogP) is 1.26. The summed E-state index contributed by atoms with van der Waals surface area (Å²) in [5.41, 5.74) is -0.0893. The van der Waals surface area contributed by atoms with Gasteiger partial charge in [-0.1, -0.05) is 0 Å². The number of likely N-dealkylation sites (N-methyl/N-ethyl adjacent to an activating group) is 1. The maximum Gasteiger partial charge on any atom is 0.317 e. The third-order valence-corrected chi connectivity index (χ3v) is 3.47. The van der Waals surface area contributed by atoms with Gasteiger partial charge >= 0.3 is 5.97 Å². The van der Waals surface area contributed by atoms with Gasteiger partial charge in [-0.15, -0.1) is 0 Å². The summed E-state index contributed by atoms with van der Waals surface area (Å²) in [6.45, 7) is 9.54. The molecule has 0 spiro atoms. The minimum atomic E-state index is -0.739. The van der Waals surface area contributed by atoms with Crippen molar-refractivity contribution in [1.29, 1.82) is 0 Å². The molecular formula is C12H24N2O2. The van der Waals surface area contributed by atoms with E-state index in [0.29, 0.717) is 12.1 Å². The van der Waals surface area contributed by atoms with Gasteiger partial charge in [0.1, 0.15) is 0 Å². The first kappa shape index (κ1) is 13.5. The van der Waals surface area contributed by atoms with E-state index in [0.717, 1.165) is 13.0 Å². The molecule has 0 bridgehead atoms. The van der Waals surface area contributed by atoms with Crippen LogP contribution < -0.4 is 0 Å². The molecule has 0 saturated carbocycles. The van der Waals surface area contributed by atoms with Crippen LogP contribution in [0.1, 0.15) is 34.1 Å². The van der Waals surface area contributed by atoms with Crippen LogP contribution in [0, 0.1) is 0 Å². The third kappa shape index (κ3) is 3.19. The lowest BCUT2D eigenvalue weighted by Crippen LogP contribution is -2.51. The van der Waals surface area contributed by atoms with E-state index in [9.17, 15) is 4.79 Å². The molecule has 2 unspecified atom stereocenters. The summed E-state index contributed by atoms with van der Waals surface area (Å²) in [4.78, 5) is 15.3. The number of aliphatic carboxylic acids is 1. The lowest BCUT2D eigenvalue weighted by Gasteiger charge is -2.39. The maximum atomic E-state index is 10.9. The van der Waals surface area contributed by atoms with Crippen LogP contribution in [0.15, 0.2) is 0 Å². The van der Waals surface area contributed by atoms with Crippen LogP contribution >= 0.6 is 0 Å². The van der Waals surface area contributed by atoms with Gasteiger partial charge in [0, 0.05) is 24.2 Å². The second-order valence-corrected chi connectivity index (χ2v) is 5.87. The van der Waals surface area contributed by atoms with Gasteiger partial charge in [0.15, 0.2) is 0 Å². The molecule has 1 fully saturated rings. The molecule has 1 saturated heterocycles.